The van der Waals surface area contributed by atoms with E-state index < -0.39 is 5.91 Å². The molecule has 0 saturated carbocycles. The number of primary amides is 1. The molecule has 0 unspecified atom stereocenters. The maximum Gasteiger partial charge on any atom is 0.289 e. The number of pyridine rings is 1. The van der Waals surface area contributed by atoms with E-state index in [1.165, 1.54) is 12.1 Å². The minimum Gasteiger partial charge on any atom is -0.366 e. The number of nitriles is 2. The largest absolute Gasteiger partial charge is 0.366 e. The van der Waals surface area contributed by atoms with Crippen LogP contribution < -0.4 is 21.8 Å². The minimum absolute atomic E-state index is 0.0381. The third-order valence-electron chi connectivity index (χ3n) is 3.13. The van der Waals surface area contributed by atoms with Crippen molar-refractivity contribution in [2.24, 2.45) is 5.73 Å². The van der Waals surface area contributed by atoms with Gasteiger partial charge in [-0.05, 0) is 18.2 Å². The van der Waals surface area contributed by atoms with Crippen molar-refractivity contribution in [2.75, 3.05) is 16.8 Å². The normalized spacial score (nSPS) is 9.68. The summed E-state index contributed by atoms with van der Waals surface area (Å²) in [6.45, 7) is 0. The third kappa shape index (κ3) is 4.25. The van der Waals surface area contributed by atoms with Crippen LogP contribution >= 0.6 is 11.8 Å². The second-order valence-electron chi connectivity index (χ2n) is 4.81. The number of amides is 2. The highest BCUT2D eigenvalue weighted by atomic mass is 32.2. The Labute approximate surface area is 147 Å². The van der Waals surface area contributed by atoms with Gasteiger partial charge in [0.1, 0.15) is 23.3 Å². The lowest BCUT2D eigenvalue weighted by molar-refractivity contribution is -0.410. The summed E-state index contributed by atoms with van der Waals surface area (Å²) in [5.41, 5.74) is 11.8. The lowest BCUT2D eigenvalue weighted by Crippen LogP contribution is -2.21. The number of para-hydroxylation sites is 1. The predicted octanol–water partition coefficient (Wildman–Crippen LogP) is 0.656. The molecule has 1 aromatic carbocycles. The molecule has 0 aliphatic heterocycles. The average Bonchev–Trinajstić information content (AvgIpc) is 2.60. The molecule has 8 nitrogen and oxygen atoms in total. The number of aromatic nitrogens is 1. The van der Waals surface area contributed by atoms with Crippen LogP contribution in [0, 0.1) is 22.7 Å². The number of H-pyrrole nitrogens is 1. The van der Waals surface area contributed by atoms with Crippen molar-refractivity contribution in [3.8, 4) is 12.1 Å². The topological polar surface area (TPSA) is 160 Å². The highest BCUT2D eigenvalue weighted by Gasteiger charge is 2.16. The highest BCUT2D eigenvalue weighted by Crippen LogP contribution is 2.21. The number of nitrogens with two attached hydrogens (primary N) is 2. The van der Waals surface area contributed by atoms with Gasteiger partial charge in [-0.1, -0.05) is 23.9 Å². The molecule has 2 rings (SSSR count). The van der Waals surface area contributed by atoms with Gasteiger partial charge in [-0.25, -0.2) is 4.98 Å². The summed E-state index contributed by atoms with van der Waals surface area (Å²) in [6, 6.07) is 11.5. The smallest absolute Gasteiger partial charge is 0.289 e. The summed E-state index contributed by atoms with van der Waals surface area (Å²) in [5, 5.41) is 21.0. The summed E-state index contributed by atoms with van der Waals surface area (Å²) in [5.74, 6) is -0.963. The van der Waals surface area contributed by atoms with Crippen LogP contribution in [0.15, 0.2) is 35.4 Å². The quantitative estimate of drug-likeness (QED) is 0.669. The van der Waals surface area contributed by atoms with Crippen LogP contribution in [0.4, 0.5) is 11.5 Å². The van der Waals surface area contributed by atoms with Gasteiger partial charge < -0.3 is 11.1 Å². The number of nitrogen functional groups attached to an aromatic ring is 1. The van der Waals surface area contributed by atoms with Crippen LogP contribution in [0.3, 0.4) is 0 Å². The van der Waals surface area contributed by atoms with Crippen LogP contribution in [-0.2, 0) is 4.79 Å². The molecule has 0 saturated heterocycles. The van der Waals surface area contributed by atoms with E-state index in [4.69, 9.17) is 22.0 Å². The van der Waals surface area contributed by atoms with Gasteiger partial charge in [-0.15, -0.1) is 0 Å². The molecule has 0 fully saturated rings. The molecular weight excluding hydrogens is 340 g/mol. The van der Waals surface area contributed by atoms with Gasteiger partial charge in [-0.2, -0.15) is 10.5 Å². The standard InChI is InChI=1S/C16H12N6O2S/c17-6-9-5-10(7-18)16(22-14(9)19)25-8-13(23)21-12-4-2-1-3-11(12)15(20)24/h1-5H,8H2,(H2,19,22)(H2,20,24)(H,21,23)/p+1. The summed E-state index contributed by atoms with van der Waals surface area (Å²) in [4.78, 5) is 26.2. The van der Waals surface area contributed by atoms with Gasteiger partial charge in [0.05, 0.1) is 17.0 Å². The van der Waals surface area contributed by atoms with Crippen LogP contribution in [0.1, 0.15) is 21.5 Å². The lowest BCUT2D eigenvalue weighted by Gasteiger charge is -2.08. The van der Waals surface area contributed by atoms with Gasteiger partial charge in [0.15, 0.2) is 5.03 Å². The number of thioether (sulfide) groups is 1. The summed E-state index contributed by atoms with van der Waals surface area (Å²) in [7, 11) is 0. The molecule has 0 radical (unpaired) electrons. The van der Waals surface area contributed by atoms with E-state index in [0.717, 1.165) is 11.8 Å². The molecule has 0 spiro atoms. The number of carbonyl (C=O) groups is 2. The first-order valence-corrected chi connectivity index (χ1v) is 7.92. The zero-order chi connectivity index (χ0) is 18.4. The Bertz CT molecular complexity index is 929. The van der Waals surface area contributed by atoms with Crippen molar-refractivity contribution in [3.63, 3.8) is 0 Å². The van der Waals surface area contributed by atoms with E-state index >= 15 is 0 Å². The second-order valence-corrected chi connectivity index (χ2v) is 5.80. The lowest BCUT2D eigenvalue weighted by atomic mass is 10.1. The van der Waals surface area contributed by atoms with Crippen LogP contribution in [0.25, 0.3) is 0 Å². The molecule has 25 heavy (non-hydrogen) atoms. The molecule has 6 N–H and O–H groups in total. The first-order valence-electron chi connectivity index (χ1n) is 6.93. The molecule has 2 aromatic rings. The summed E-state index contributed by atoms with van der Waals surface area (Å²) < 4.78 is 0. The van der Waals surface area contributed by atoms with Gasteiger partial charge in [0.25, 0.3) is 11.7 Å². The maximum absolute atomic E-state index is 12.1. The number of rotatable bonds is 5. The zero-order valence-electron chi connectivity index (χ0n) is 12.9. The number of anilines is 2. The van der Waals surface area contributed by atoms with Crippen molar-refractivity contribution < 1.29 is 14.6 Å². The van der Waals surface area contributed by atoms with Gasteiger partial charge in [0.2, 0.25) is 5.91 Å². The van der Waals surface area contributed by atoms with Crippen LogP contribution in [-0.4, -0.2) is 17.6 Å². The number of carbonyl (C=O) groups excluding carboxylic acids is 2. The molecule has 2 amide bonds. The fraction of sp³-hybridized carbons (Fsp3) is 0.0625. The first-order chi connectivity index (χ1) is 12.0. The molecule has 9 heteroatoms. The first kappa shape index (κ1) is 17.8. The number of hydrogen-bond acceptors (Lipinski definition) is 6. The molecule has 1 heterocycles. The number of hydrogen-bond donors (Lipinski definition) is 3. The fourth-order valence-electron chi connectivity index (χ4n) is 1.96. The van der Waals surface area contributed by atoms with E-state index in [1.807, 2.05) is 12.1 Å². The Hall–Kier alpha value is -3.56. The molecule has 0 aliphatic rings. The summed E-state index contributed by atoms with van der Waals surface area (Å²) >= 11 is 1.05. The Morgan fingerprint density at radius 1 is 1.20 bits per heavy atom. The number of nitrogens with one attached hydrogen (secondary N) is 2. The maximum atomic E-state index is 12.1. The molecular formula is C16H13N6O2S+. The SMILES string of the molecule is N#Cc1cc(C#N)c(SCC(=O)Nc2ccccc2C(N)=O)[nH+]c1N. The number of aromatic amines is 1. The van der Waals surface area contributed by atoms with E-state index in [9.17, 15) is 9.59 Å². The molecule has 124 valence electrons. The number of benzene rings is 1. The van der Waals surface area contributed by atoms with Gasteiger partial charge in [0, 0.05) is 0 Å². The average molecular weight is 353 g/mol. The molecule has 0 atom stereocenters. The Balaban J connectivity index is 2.12. The number of nitrogens with zero attached hydrogens (tertiary/aromatic N) is 2. The zero-order valence-corrected chi connectivity index (χ0v) is 13.7. The molecule has 0 aliphatic carbocycles. The van der Waals surface area contributed by atoms with Crippen molar-refractivity contribution in [1.29, 1.82) is 10.5 Å². The van der Waals surface area contributed by atoms with Crippen molar-refractivity contribution in [1.82, 2.24) is 0 Å². The fourth-order valence-corrected chi connectivity index (χ4v) is 2.75. The third-order valence-corrected chi connectivity index (χ3v) is 4.14. The van der Waals surface area contributed by atoms with Gasteiger partial charge in [-0.3, -0.25) is 15.3 Å². The second kappa shape index (κ2) is 7.81. The van der Waals surface area contributed by atoms with E-state index in [2.05, 4.69) is 10.3 Å². The van der Waals surface area contributed by atoms with Crippen molar-refractivity contribution in [3.05, 3.63) is 47.0 Å². The predicted molar refractivity (Wildman–Crippen MR) is 91.2 cm³/mol. The van der Waals surface area contributed by atoms with Gasteiger partial charge >= 0.3 is 0 Å². The Morgan fingerprint density at radius 2 is 1.88 bits per heavy atom. The van der Waals surface area contributed by atoms with E-state index in [0.29, 0.717) is 10.7 Å². The monoisotopic (exact) mass is 353 g/mol. The summed E-state index contributed by atoms with van der Waals surface area (Å²) in [6.07, 6.45) is 0. The van der Waals surface area contributed by atoms with Crippen LogP contribution in [0.2, 0.25) is 0 Å². The highest BCUT2D eigenvalue weighted by molar-refractivity contribution is 7.99. The minimum atomic E-state index is -0.650. The van der Waals surface area contributed by atoms with Crippen LogP contribution in [0.5, 0.6) is 0 Å². The van der Waals surface area contributed by atoms with E-state index in [-0.39, 0.29) is 34.2 Å². The Morgan fingerprint density at radius 3 is 2.52 bits per heavy atom. The molecule has 1 aromatic heterocycles. The Kier molecular flexibility index (Phi) is 5.56. The van der Waals surface area contributed by atoms with E-state index in [1.54, 1.807) is 18.2 Å². The van der Waals surface area contributed by atoms with Crippen molar-refractivity contribution in [2.45, 2.75) is 5.03 Å². The van der Waals surface area contributed by atoms with Crippen molar-refractivity contribution >= 4 is 35.1 Å². The molecule has 0 bridgehead atoms.